The van der Waals surface area contributed by atoms with Gasteiger partial charge in [0.2, 0.25) is 0 Å². The molecule has 6 atom stereocenters. The van der Waals surface area contributed by atoms with Crippen molar-refractivity contribution in [2.75, 3.05) is 6.61 Å². The van der Waals surface area contributed by atoms with Gasteiger partial charge in [-0.2, -0.15) is 0 Å². The molecule has 0 radical (unpaired) electrons. The zero-order valence-electron chi connectivity index (χ0n) is 19.1. The summed E-state index contributed by atoms with van der Waals surface area (Å²) in [6.07, 6.45) is -3.50. The molecule has 2 aromatic rings. The van der Waals surface area contributed by atoms with Gasteiger partial charge in [0.1, 0.15) is 17.6 Å². The summed E-state index contributed by atoms with van der Waals surface area (Å²) >= 11 is 1.45. The molecule has 0 amide bonds. The van der Waals surface area contributed by atoms with Gasteiger partial charge in [0.25, 0.3) is 0 Å². The number of hydrogen-bond acceptors (Lipinski definition) is 8. The van der Waals surface area contributed by atoms with E-state index in [9.17, 15) is 9.59 Å². The fraction of sp³-hybridized carbons (Fsp3) is 0.440. The largest absolute Gasteiger partial charge is 0.456 e. The number of aryl methyl sites for hydroxylation is 2. The molecular weight excluding hydrogens is 444 g/mol. The molecule has 7 nitrogen and oxygen atoms in total. The summed E-state index contributed by atoms with van der Waals surface area (Å²) in [7, 11) is 0. The summed E-state index contributed by atoms with van der Waals surface area (Å²) < 4.78 is 29.9. The van der Waals surface area contributed by atoms with Gasteiger partial charge in [-0.25, -0.2) is 0 Å². The number of hydrogen-bond donors (Lipinski definition) is 0. The van der Waals surface area contributed by atoms with E-state index in [0.717, 1.165) is 21.6 Å². The Morgan fingerprint density at radius 2 is 1.52 bits per heavy atom. The molecular formula is C25H28O7S. The van der Waals surface area contributed by atoms with E-state index in [2.05, 4.69) is 0 Å². The minimum absolute atomic E-state index is 0.249. The van der Waals surface area contributed by atoms with Gasteiger partial charge < -0.3 is 23.7 Å². The van der Waals surface area contributed by atoms with Crippen LogP contribution in [-0.4, -0.2) is 48.4 Å². The van der Waals surface area contributed by atoms with Crippen LogP contribution < -0.4 is 0 Å². The standard InChI is InChI=1S/C25H28O7S/c1-14-9-8-10-15(2)23(14)33-25-22(30-17(4)27)21(29-16(3)26)20-19(31-25)13-28-24(32-20)18-11-6-5-7-12-18/h5-12,19-22,24-25H,13H2,1-4H3/t19-,20+,21+,22-,24+,25+/m1/s1. The molecule has 0 spiro atoms. The quantitative estimate of drug-likeness (QED) is 0.602. The fourth-order valence-electron chi connectivity index (χ4n) is 4.16. The lowest BCUT2D eigenvalue weighted by Crippen LogP contribution is -2.63. The van der Waals surface area contributed by atoms with E-state index in [0.29, 0.717) is 0 Å². The van der Waals surface area contributed by atoms with Crippen molar-refractivity contribution in [1.82, 2.24) is 0 Å². The Bertz CT molecular complexity index is 975. The first-order valence-electron chi connectivity index (χ1n) is 10.9. The second kappa shape index (κ2) is 10.3. The third-order valence-corrected chi connectivity index (χ3v) is 7.09. The Morgan fingerprint density at radius 3 is 2.15 bits per heavy atom. The maximum Gasteiger partial charge on any atom is 0.303 e. The number of carbonyl (C=O) groups excluding carboxylic acids is 2. The maximum atomic E-state index is 12.0. The van der Waals surface area contributed by atoms with Crippen LogP contribution in [-0.2, 0) is 33.3 Å². The van der Waals surface area contributed by atoms with Crippen molar-refractivity contribution >= 4 is 23.7 Å². The van der Waals surface area contributed by atoms with Crippen LogP contribution in [0.5, 0.6) is 0 Å². The molecule has 2 aromatic carbocycles. The SMILES string of the molecule is CC(=O)O[C@H]1[C@H]2O[C@@H](c3ccccc3)OC[C@H]2O[C@@H](Sc2c(C)cccc2C)[C@@H]1OC(C)=O. The molecule has 33 heavy (non-hydrogen) atoms. The van der Waals surface area contributed by atoms with Crippen LogP contribution in [0.2, 0.25) is 0 Å². The number of carbonyl (C=O) groups is 2. The van der Waals surface area contributed by atoms with Gasteiger partial charge in [0.15, 0.2) is 18.5 Å². The molecule has 0 aromatic heterocycles. The Labute approximate surface area is 197 Å². The van der Waals surface area contributed by atoms with Crippen molar-refractivity contribution in [3.05, 3.63) is 65.2 Å². The lowest BCUT2D eigenvalue weighted by molar-refractivity contribution is -0.320. The van der Waals surface area contributed by atoms with Crippen LogP contribution in [0.1, 0.15) is 36.8 Å². The van der Waals surface area contributed by atoms with Gasteiger partial charge in [0.05, 0.1) is 6.61 Å². The normalized spacial score (nSPS) is 29.1. The van der Waals surface area contributed by atoms with Gasteiger partial charge in [-0.3, -0.25) is 9.59 Å². The van der Waals surface area contributed by atoms with Crippen LogP contribution >= 0.6 is 11.8 Å². The van der Waals surface area contributed by atoms with Crippen molar-refractivity contribution in [3.8, 4) is 0 Å². The third kappa shape index (κ3) is 5.41. The highest BCUT2D eigenvalue weighted by atomic mass is 32.2. The van der Waals surface area contributed by atoms with Crippen LogP contribution in [0, 0.1) is 13.8 Å². The Morgan fingerprint density at radius 1 is 0.879 bits per heavy atom. The summed E-state index contributed by atoms with van der Waals surface area (Å²) in [5, 5.41) is 0. The van der Waals surface area contributed by atoms with Crippen LogP contribution in [0.3, 0.4) is 0 Å². The molecule has 0 saturated carbocycles. The molecule has 0 unspecified atom stereocenters. The molecule has 2 saturated heterocycles. The van der Waals surface area contributed by atoms with Crippen molar-refractivity contribution < 1.29 is 33.3 Å². The van der Waals surface area contributed by atoms with Crippen LogP contribution in [0.4, 0.5) is 0 Å². The monoisotopic (exact) mass is 472 g/mol. The topological polar surface area (TPSA) is 80.3 Å². The summed E-state index contributed by atoms with van der Waals surface area (Å²) in [6, 6.07) is 15.5. The van der Waals surface area contributed by atoms with E-state index in [1.54, 1.807) is 0 Å². The van der Waals surface area contributed by atoms with Crippen LogP contribution in [0.25, 0.3) is 0 Å². The minimum atomic E-state index is -0.855. The van der Waals surface area contributed by atoms with E-state index < -0.39 is 48.1 Å². The molecule has 2 heterocycles. The predicted molar refractivity (Wildman–Crippen MR) is 122 cm³/mol. The zero-order chi connectivity index (χ0) is 23.5. The van der Waals surface area contributed by atoms with Crippen molar-refractivity contribution in [1.29, 1.82) is 0 Å². The predicted octanol–water partition coefficient (Wildman–Crippen LogP) is 4.10. The van der Waals surface area contributed by atoms with Gasteiger partial charge in [-0.1, -0.05) is 60.3 Å². The molecule has 2 aliphatic heterocycles. The van der Waals surface area contributed by atoms with Crippen molar-refractivity contribution in [2.24, 2.45) is 0 Å². The highest BCUT2D eigenvalue weighted by molar-refractivity contribution is 8.00. The van der Waals surface area contributed by atoms with Gasteiger partial charge in [0, 0.05) is 24.3 Å². The first-order valence-corrected chi connectivity index (χ1v) is 11.8. The summed E-state index contributed by atoms with van der Waals surface area (Å²) in [5.41, 5.74) is 2.39. The Hall–Kier alpha value is -2.39. The maximum absolute atomic E-state index is 12.0. The second-order valence-corrected chi connectivity index (χ2v) is 9.32. The smallest absolute Gasteiger partial charge is 0.303 e. The van der Waals surface area contributed by atoms with Gasteiger partial charge in [-0.15, -0.1) is 0 Å². The molecule has 8 heteroatoms. The van der Waals surface area contributed by atoms with Crippen LogP contribution in [0.15, 0.2) is 53.4 Å². The zero-order valence-corrected chi connectivity index (χ0v) is 19.9. The molecule has 4 rings (SSSR count). The van der Waals surface area contributed by atoms with Gasteiger partial charge >= 0.3 is 11.9 Å². The number of esters is 2. The summed E-state index contributed by atoms with van der Waals surface area (Å²) in [4.78, 5) is 25.1. The molecule has 2 aliphatic rings. The molecule has 0 bridgehead atoms. The minimum Gasteiger partial charge on any atom is -0.456 e. The van der Waals surface area contributed by atoms with E-state index in [-0.39, 0.29) is 6.61 Å². The molecule has 2 fully saturated rings. The first-order chi connectivity index (χ1) is 15.8. The molecule has 0 aliphatic carbocycles. The Kier molecular flexibility index (Phi) is 7.38. The van der Waals surface area contributed by atoms with E-state index >= 15 is 0 Å². The Balaban J connectivity index is 1.65. The van der Waals surface area contributed by atoms with Crippen molar-refractivity contribution in [2.45, 2.75) is 68.7 Å². The second-order valence-electron chi connectivity index (χ2n) is 8.21. The lowest BCUT2D eigenvalue weighted by atomic mass is 9.98. The third-order valence-electron chi connectivity index (χ3n) is 5.60. The number of benzene rings is 2. The van der Waals surface area contributed by atoms with E-state index in [1.165, 1.54) is 25.6 Å². The lowest BCUT2D eigenvalue weighted by Gasteiger charge is -2.48. The van der Waals surface area contributed by atoms with E-state index in [1.807, 2.05) is 62.4 Å². The highest BCUT2D eigenvalue weighted by Gasteiger charge is 2.53. The molecule has 0 N–H and O–H groups in total. The number of fused-ring (bicyclic) bond motifs is 1. The fourth-order valence-corrected chi connectivity index (χ4v) is 5.45. The highest BCUT2D eigenvalue weighted by Crippen LogP contribution is 2.42. The average molecular weight is 473 g/mol. The number of ether oxygens (including phenoxy) is 5. The molecule has 176 valence electrons. The summed E-state index contributed by atoms with van der Waals surface area (Å²) in [6.45, 7) is 6.94. The number of thioether (sulfide) groups is 1. The number of rotatable bonds is 5. The average Bonchev–Trinajstić information content (AvgIpc) is 2.78. The van der Waals surface area contributed by atoms with Crippen molar-refractivity contribution in [3.63, 3.8) is 0 Å². The summed E-state index contributed by atoms with van der Waals surface area (Å²) in [5.74, 6) is -0.974. The van der Waals surface area contributed by atoms with Gasteiger partial charge in [-0.05, 0) is 25.0 Å². The van der Waals surface area contributed by atoms with E-state index in [4.69, 9.17) is 23.7 Å². The first kappa shape index (κ1) is 23.8.